The molecule has 7 rings (SSSR count). The van der Waals surface area contributed by atoms with E-state index in [-0.39, 0.29) is 46.9 Å². The Morgan fingerprint density at radius 3 is 2.55 bits per heavy atom. The van der Waals surface area contributed by atoms with Gasteiger partial charge in [-0.1, -0.05) is 27.7 Å². The second kappa shape index (κ2) is 10.5. The normalized spacial score (nSPS) is 50.0. The molecule has 0 aromatic heterocycles. The number of hydrogen-bond acceptors (Lipinski definition) is 6. The lowest BCUT2D eigenvalue weighted by Crippen LogP contribution is -2.60. The van der Waals surface area contributed by atoms with Crippen molar-refractivity contribution in [1.29, 1.82) is 0 Å². The van der Waals surface area contributed by atoms with E-state index < -0.39 is 0 Å². The SMILES string of the molecule is C[C@H]1CC[C@@]2(NC1)O[C@H]1C[C@H]3[C@@H]4CC[C@@H]5C[C@@H](NC(=O)CC(=O)N6CCNCC6)CC[C@]5(C)[C@H]4CC(=O)[C@]3(C)[C@H]1[C@@H]2C. The first kappa shape index (κ1) is 29.2. The van der Waals surface area contributed by atoms with E-state index in [0.29, 0.717) is 66.7 Å². The van der Waals surface area contributed by atoms with Gasteiger partial charge in [-0.2, -0.15) is 0 Å². The van der Waals surface area contributed by atoms with Crippen LogP contribution < -0.4 is 16.0 Å². The molecule has 0 aromatic carbocycles. The zero-order chi connectivity index (χ0) is 29.4. The third-order valence-electron chi connectivity index (χ3n) is 14.2. The maximum absolute atomic E-state index is 14.4. The molecule has 8 nitrogen and oxygen atoms in total. The van der Waals surface area contributed by atoms with Gasteiger partial charge in [0.15, 0.2) is 0 Å². The van der Waals surface area contributed by atoms with Crippen molar-refractivity contribution in [2.45, 2.75) is 110 Å². The summed E-state index contributed by atoms with van der Waals surface area (Å²) < 4.78 is 6.97. The molecule has 12 atom stereocenters. The van der Waals surface area contributed by atoms with E-state index >= 15 is 0 Å². The van der Waals surface area contributed by atoms with E-state index in [4.69, 9.17) is 4.74 Å². The highest BCUT2D eigenvalue weighted by atomic mass is 16.5. The summed E-state index contributed by atoms with van der Waals surface area (Å²) >= 11 is 0. The van der Waals surface area contributed by atoms with Crippen LogP contribution in [0.4, 0.5) is 0 Å². The minimum absolute atomic E-state index is 0.0451. The Morgan fingerprint density at radius 1 is 1.02 bits per heavy atom. The second-order valence-corrected chi connectivity index (χ2v) is 16.0. The van der Waals surface area contributed by atoms with Gasteiger partial charge in [0, 0.05) is 62.4 Å². The summed E-state index contributed by atoms with van der Waals surface area (Å²) in [7, 11) is 0. The minimum Gasteiger partial charge on any atom is -0.357 e. The van der Waals surface area contributed by atoms with Crippen LogP contribution in [0.5, 0.6) is 0 Å². The van der Waals surface area contributed by atoms with Crippen LogP contribution >= 0.6 is 0 Å². The molecule has 4 saturated carbocycles. The fourth-order valence-corrected chi connectivity index (χ4v) is 11.7. The molecule has 0 aromatic rings. The maximum atomic E-state index is 14.4. The second-order valence-electron chi connectivity index (χ2n) is 16.0. The fraction of sp³-hybridized carbons (Fsp3) is 0.912. The molecule has 3 aliphatic heterocycles. The molecule has 7 fully saturated rings. The third-order valence-corrected chi connectivity index (χ3v) is 14.2. The van der Waals surface area contributed by atoms with Crippen molar-refractivity contribution >= 4 is 17.6 Å². The van der Waals surface area contributed by atoms with Gasteiger partial charge >= 0.3 is 0 Å². The van der Waals surface area contributed by atoms with Gasteiger partial charge in [-0.15, -0.1) is 0 Å². The van der Waals surface area contributed by atoms with Crippen LogP contribution in [0, 0.1) is 52.3 Å². The average Bonchev–Trinajstić information content (AvgIpc) is 3.42. The predicted molar refractivity (Wildman–Crippen MR) is 160 cm³/mol. The van der Waals surface area contributed by atoms with Gasteiger partial charge in [0.25, 0.3) is 0 Å². The summed E-state index contributed by atoms with van der Waals surface area (Å²) in [6.07, 6.45) is 9.50. The molecule has 3 N–H and O–H groups in total. The van der Waals surface area contributed by atoms with E-state index in [1.165, 1.54) is 19.3 Å². The Kier molecular flexibility index (Phi) is 7.33. The Morgan fingerprint density at radius 2 is 1.81 bits per heavy atom. The van der Waals surface area contributed by atoms with E-state index in [0.717, 1.165) is 51.7 Å². The number of rotatable bonds is 3. The monoisotopic (exact) mass is 582 g/mol. The summed E-state index contributed by atoms with van der Waals surface area (Å²) in [6.45, 7) is 13.4. The zero-order valence-electron chi connectivity index (χ0n) is 26.4. The zero-order valence-corrected chi connectivity index (χ0v) is 26.4. The molecule has 4 aliphatic carbocycles. The third kappa shape index (κ3) is 4.43. The van der Waals surface area contributed by atoms with Gasteiger partial charge in [0.1, 0.15) is 17.9 Å². The van der Waals surface area contributed by atoms with Crippen molar-refractivity contribution in [3.05, 3.63) is 0 Å². The molecule has 1 spiro atoms. The summed E-state index contributed by atoms with van der Waals surface area (Å²) in [4.78, 5) is 41.6. The molecule has 0 bridgehead atoms. The summed E-state index contributed by atoms with van der Waals surface area (Å²) in [5.74, 6) is 3.64. The van der Waals surface area contributed by atoms with E-state index in [9.17, 15) is 14.4 Å². The van der Waals surface area contributed by atoms with Gasteiger partial charge in [0.05, 0.1) is 6.10 Å². The lowest BCUT2D eigenvalue weighted by Gasteiger charge is -2.60. The smallest absolute Gasteiger partial charge is 0.232 e. The molecular formula is C34H54N4O4. The molecule has 7 aliphatic rings. The summed E-state index contributed by atoms with van der Waals surface area (Å²) in [6, 6.07) is 0.134. The van der Waals surface area contributed by atoms with Crippen LogP contribution in [-0.2, 0) is 19.1 Å². The van der Waals surface area contributed by atoms with Crippen molar-refractivity contribution in [2.75, 3.05) is 32.7 Å². The number of piperazine rings is 1. The largest absolute Gasteiger partial charge is 0.357 e. The van der Waals surface area contributed by atoms with E-state index in [2.05, 4.69) is 43.6 Å². The Hall–Kier alpha value is -1.51. The number of nitrogens with one attached hydrogen (secondary N) is 3. The lowest BCUT2D eigenvalue weighted by atomic mass is 9.44. The topological polar surface area (TPSA) is 99.8 Å². The standard InChI is InChI=1S/C34H54N4O4/c1-20-7-10-34(36-19-20)21(2)31-27(42-34)16-26-24-6-5-22-15-23(37-29(40)18-30(41)38-13-11-35-12-14-38)8-9-32(22,3)25(24)17-28(39)33(26,31)4/h20-27,31,35-36H,5-19H2,1-4H3,(H,37,40)/t20-,21-,22+,23-,24+,25-,26-,27-,31-,32-,33+,34+/m0/s1. The number of hydrogen-bond donors (Lipinski definition) is 3. The number of Topliss-reactive ketones (excluding diaryl/α,β-unsaturated/α-hetero) is 1. The number of piperidine rings is 1. The number of fused-ring (bicyclic) bond motifs is 7. The van der Waals surface area contributed by atoms with Gasteiger partial charge in [-0.05, 0) is 86.4 Å². The van der Waals surface area contributed by atoms with Crippen LogP contribution in [-0.4, -0.2) is 73.1 Å². The molecule has 3 heterocycles. The number of carbonyl (C=O) groups is 3. The first-order valence-corrected chi connectivity index (χ1v) is 17.3. The lowest BCUT2D eigenvalue weighted by molar-refractivity contribution is -0.160. The molecule has 3 saturated heterocycles. The molecule has 8 heteroatoms. The molecule has 42 heavy (non-hydrogen) atoms. The molecule has 0 unspecified atom stereocenters. The van der Waals surface area contributed by atoms with Gasteiger partial charge in [-0.3, -0.25) is 19.7 Å². The van der Waals surface area contributed by atoms with Crippen LogP contribution in [0.25, 0.3) is 0 Å². The highest BCUT2D eigenvalue weighted by molar-refractivity contribution is 5.97. The van der Waals surface area contributed by atoms with Crippen molar-refractivity contribution in [3.63, 3.8) is 0 Å². The minimum atomic E-state index is -0.273. The van der Waals surface area contributed by atoms with Crippen molar-refractivity contribution in [1.82, 2.24) is 20.9 Å². The Balaban J connectivity index is 1.01. The first-order valence-electron chi connectivity index (χ1n) is 17.3. The number of amides is 2. The number of ketones is 1. The van der Waals surface area contributed by atoms with Crippen LogP contribution in [0.1, 0.15) is 91.9 Å². The number of carbonyl (C=O) groups excluding carboxylic acids is 3. The molecule has 2 amide bonds. The van der Waals surface area contributed by atoms with Gasteiger partial charge in [0.2, 0.25) is 11.8 Å². The summed E-state index contributed by atoms with van der Waals surface area (Å²) in [5, 5.41) is 10.3. The number of ether oxygens (including phenoxy) is 1. The predicted octanol–water partition coefficient (Wildman–Crippen LogP) is 3.49. The van der Waals surface area contributed by atoms with Gasteiger partial charge in [-0.25, -0.2) is 0 Å². The molecular weight excluding hydrogens is 528 g/mol. The van der Waals surface area contributed by atoms with E-state index in [1.54, 1.807) is 4.90 Å². The first-order chi connectivity index (χ1) is 20.0. The van der Waals surface area contributed by atoms with Crippen molar-refractivity contribution in [2.24, 2.45) is 52.3 Å². The van der Waals surface area contributed by atoms with Gasteiger partial charge < -0.3 is 20.3 Å². The van der Waals surface area contributed by atoms with Crippen LogP contribution in [0.2, 0.25) is 0 Å². The van der Waals surface area contributed by atoms with Crippen molar-refractivity contribution in [3.8, 4) is 0 Å². The highest BCUT2D eigenvalue weighted by Gasteiger charge is 2.71. The van der Waals surface area contributed by atoms with Crippen molar-refractivity contribution < 1.29 is 19.1 Å². The summed E-state index contributed by atoms with van der Waals surface area (Å²) in [5.41, 5.74) is -0.371. The fourth-order valence-electron chi connectivity index (χ4n) is 11.7. The average molecular weight is 583 g/mol. The molecule has 0 radical (unpaired) electrons. The van der Waals surface area contributed by atoms with Crippen LogP contribution in [0.15, 0.2) is 0 Å². The van der Waals surface area contributed by atoms with E-state index in [1.807, 2.05) is 0 Å². The number of nitrogens with zero attached hydrogens (tertiary/aromatic N) is 1. The highest BCUT2D eigenvalue weighted by Crippen LogP contribution is 2.70. The maximum Gasteiger partial charge on any atom is 0.232 e. The Labute approximate surface area is 252 Å². The van der Waals surface area contributed by atoms with Crippen LogP contribution in [0.3, 0.4) is 0 Å². The Bertz CT molecular complexity index is 1100. The molecule has 234 valence electrons. The quantitative estimate of drug-likeness (QED) is 0.441.